The van der Waals surface area contributed by atoms with Crippen LogP contribution in [0.15, 0.2) is 6.33 Å². The van der Waals surface area contributed by atoms with E-state index in [0.29, 0.717) is 17.9 Å². The summed E-state index contributed by atoms with van der Waals surface area (Å²) in [6.07, 6.45) is 6.08. The number of aryl methyl sites for hydroxylation is 1. The lowest BCUT2D eigenvalue weighted by molar-refractivity contribution is 0.0668. The van der Waals surface area contributed by atoms with Crippen molar-refractivity contribution >= 4 is 17.2 Å². The van der Waals surface area contributed by atoms with Gasteiger partial charge in [-0.15, -0.1) is 11.3 Å². The third-order valence-corrected chi connectivity index (χ3v) is 6.34. The van der Waals surface area contributed by atoms with Gasteiger partial charge in [0.2, 0.25) is 0 Å². The minimum atomic E-state index is 0.124. The zero-order chi connectivity index (χ0) is 16.7. The van der Waals surface area contributed by atoms with Crippen molar-refractivity contribution in [1.82, 2.24) is 30.0 Å². The summed E-state index contributed by atoms with van der Waals surface area (Å²) in [5, 5.41) is 7.40. The molecule has 0 spiro atoms. The molecule has 0 bridgehead atoms. The second-order valence-corrected chi connectivity index (χ2v) is 7.67. The maximum Gasteiger partial charge on any atom is 0.266 e. The van der Waals surface area contributed by atoms with Gasteiger partial charge < -0.3 is 9.80 Å². The van der Waals surface area contributed by atoms with Gasteiger partial charge in [-0.05, 0) is 46.2 Å². The van der Waals surface area contributed by atoms with Crippen LogP contribution in [-0.2, 0) is 0 Å². The van der Waals surface area contributed by atoms with Crippen LogP contribution in [0.2, 0.25) is 0 Å². The predicted molar refractivity (Wildman–Crippen MR) is 91.9 cm³/mol. The fourth-order valence-electron chi connectivity index (χ4n) is 4.00. The molecule has 0 unspecified atom stereocenters. The Balaban J connectivity index is 1.59. The van der Waals surface area contributed by atoms with Gasteiger partial charge in [0.05, 0.1) is 5.69 Å². The third-order valence-electron chi connectivity index (χ3n) is 5.19. The molecule has 2 fully saturated rings. The van der Waals surface area contributed by atoms with Crippen molar-refractivity contribution in [2.24, 2.45) is 0 Å². The van der Waals surface area contributed by atoms with E-state index >= 15 is 0 Å². The Morgan fingerprint density at radius 1 is 1.29 bits per heavy atom. The Morgan fingerprint density at radius 3 is 2.79 bits per heavy atom. The standard InChI is InChI=1S/C16H22N6OS/c1-10-13(24-15(19-10)14-17-9-18-20-14)16(23)22-8-4-6-12(22)11-5-3-7-21(11)2/h9,11-12H,3-8H2,1-2H3,(H,17,18,20)/t11-,12-/m0/s1. The zero-order valence-electron chi connectivity index (χ0n) is 14.0. The van der Waals surface area contributed by atoms with Crippen LogP contribution in [-0.4, -0.2) is 68.1 Å². The van der Waals surface area contributed by atoms with Crippen LogP contribution < -0.4 is 0 Å². The highest BCUT2D eigenvalue weighted by Gasteiger charge is 2.39. The molecule has 2 atom stereocenters. The molecule has 24 heavy (non-hydrogen) atoms. The summed E-state index contributed by atoms with van der Waals surface area (Å²) in [5.74, 6) is 0.745. The van der Waals surface area contributed by atoms with E-state index in [0.717, 1.165) is 41.5 Å². The van der Waals surface area contributed by atoms with Crippen LogP contribution >= 0.6 is 11.3 Å². The van der Waals surface area contributed by atoms with E-state index in [1.54, 1.807) is 0 Å². The molecule has 2 aliphatic heterocycles. The molecule has 2 saturated heterocycles. The molecular weight excluding hydrogens is 324 g/mol. The number of nitrogens with zero attached hydrogens (tertiary/aromatic N) is 5. The molecule has 0 aromatic carbocycles. The van der Waals surface area contributed by atoms with Crippen molar-refractivity contribution < 1.29 is 4.79 Å². The molecule has 4 heterocycles. The van der Waals surface area contributed by atoms with E-state index in [4.69, 9.17) is 0 Å². The van der Waals surface area contributed by atoms with Crippen LogP contribution in [0.5, 0.6) is 0 Å². The summed E-state index contributed by atoms with van der Waals surface area (Å²) in [5.41, 5.74) is 0.779. The van der Waals surface area contributed by atoms with Gasteiger partial charge in [0.25, 0.3) is 5.91 Å². The number of carbonyl (C=O) groups is 1. The first-order valence-corrected chi connectivity index (χ1v) is 9.31. The predicted octanol–water partition coefficient (Wildman–Crippen LogP) is 1.94. The molecular formula is C16H22N6OS. The number of likely N-dealkylation sites (N-methyl/N-ethyl adjacent to an activating group) is 1. The Kier molecular flexibility index (Phi) is 4.09. The van der Waals surface area contributed by atoms with Gasteiger partial charge in [-0.25, -0.2) is 9.97 Å². The second kappa shape index (κ2) is 6.25. The number of hydrogen-bond donors (Lipinski definition) is 1. The highest BCUT2D eigenvalue weighted by atomic mass is 32.1. The van der Waals surface area contributed by atoms with Gasteiger partial charge in [0.1, 0.15) is 11.2 Å². The minimum Gasteiger partial charge on any atom is -0.333 e. The van der Waals surface area contributed by atoms with E-state index in [-0.39, 0.29) is 5.91 Å². The van der Waals surface area contributed by atoms with Gasteiger partial charge >= 0.3 is 0 Å². The number of amides is 1. The number of hydrogen-bond acceptors (Lipinski definition) is 6. The van der Waals surface area contributed by atoms with Gasteiger partial charge in [-0.1, -0.05) is 0 Å². The van der Waals surface area contributed by atoms with Crippen LogP contribution in [0, 0.1) is 6.92 Å². The highest BCUT2D eigenvalue weighted by molar-refractivity contribution is 7.17. The Bertz CT molecular complexity index is 727. The van der Waals surface area contributed by atoms with Gasteiger partial charge in [0, 0.05) is 18.6 Å². The number of likely N-dealkylation sites (tertiary alicyclic amines) is 2. The number of rotatable bonds is 3. The molecule has 128 valence electrons. The molecule has 0 radical (unpaired) electrons. The fourth-order valence-corrected chi connectivity index (χ4v) is 4.97. The van der Waals surface area contributed by atoms with Crippen LogP contribution in [0.25, 0.3) is 10.8 Å². The van der Waals surface area contributed by atoms with Crippen molar-refractivity contribution in [3.63, 3.8) is 0 Å². The average Bonchev–Trinajstić information content (AvgIpc) is 3.33. The van der Waals surface area contributed by atoms with Crippen LogP contribution in [0.1, 0.15) is 41.0 Å². The van der Waals surface area contributed by atoms with Crippen molar-refractivity contribution in [1.29, 1.82) is 0 Å². The number of aromatic nitrogens is 4. The first-order chi connectivity index (χ1) is 11.6. The number of nitrogens with one attached hydrogen (secondary N) is 1. The zero-order valence-corrected chi connectivity index (χ0v) is 14.8. The summed E-state index contributed by atoms with van der Waals surface area (Å²) in [6.45, 7) is 3.89. The first kappa shape index (κ1) is 15.7. The summed E-state index contributed by atoms with van der Waals surface area (Å²) >= 11 is 1.41. The summed E-state index contributed by atoms with van der Waals surface area (Å²) in [6, 6.07) is 0.832. The number of carbonyl (C=O) groups excluding carboxylic acids is 1. The lowest BCUT2D eigenvalue weighted by Crippen LogP contribution is -2.47. The maximum atomic E-state index is 13.2. The van der Waals surface area contributed by atoms with Gasteiger partial charge in [0.15, 0.2) is 10.8 Å². The number of H-pyrrole nitrogens is 1. The van der Waals surface area contributed by atoms with Crippen molar-refractivity contribution in [2.45, 2.75) is 44.7 Å². The van der Waals surface area contributed by atoms with E-state index in [1.807, 2.05) is 6.92 Å². The lowest BCUT2D eigenvalue weighted by atomic mass is 10.0. The molecule has 8 heteroatoms. The number of aromatic amines is 1. The smallest absolute Gasteiger partial charge is 0.266 e. The summed E-state index contributed by atoms with van der Waals surface area (Å²) in [7, 11) is 2.18. The first-order valence-electron chi connectivity index (χ1n) is 8.49. The van der Waals surface area contributed by atoms with Crippen molar-refractivity contribution in [2.75, 3.05) is 20.1 Å². The van der Waals surface area contributed by atoms with E-state index in [1.165, 1.54) is 30.5 Å². The van der Waals surface area contributed by atoms with Crippen molar-refractivity contribution in [3.8, 4) is 10.8 Å². The minimum absolute atomic E-state index is 0.124. The molecule has 0 saturated carbocycles. The monoisotopic (exact) mass is 346 g/mol. The quantitative estimate of drug-likeness (QED) is 0.919. The average molecular weight is 346 g/mol. The molecule has 7 nitrogen and oxygen atoms in total. The van der Waals surface area contributed by atoms with E-state index in [9.17, 15) is 4.79 Å². The Labute approximate surface area is 145 Å². The Morgan fingerprint density at radius 2 is 2.08 bits per heavy atom. The lowest BCUT2D eigenvalue weighted by Gasteiger charge is -2.33. The fraction of sp³-hybridized carbons (Fsp3) is 0.625. The topological polar surface area (TPSA) is 78.0 Å². The number of thiazole rings is 1. The molecule has 0 aliphatic carbocycles. The maximum absolute atomic E-state index is 13.2. The molecule has 1 amide bonds. The molecule has 2 aromatic heterocycles. The van der Waals surface area contributed by atoms with Crippen LogP contribution in [0.3, 0.4) is 0 Å². The summed E-state index contributed by atoms with van der Waals surface area (Å²) < 4.78 is 0. The summed E-state index contributed by atoms with van der Waals surface area (Å²) in [4.78, 5) is 27.0. The van der Waals surface area contributed by atoms with Crippen LogP contribution in [0.4, 0.5) is 0 Å². The SMILES string of the molecule is Cc1nc(-c2ncn[nH]2)sc1C(=O)N1CCC[C@H]1[C@@H]1CCCN1C. The van der Waals surface area contributed by atoms with Gasteiger partial charge in [-0.3, -0.25) is 9.89 Å². The molecule has 2 aromatic rings. The largest absolute Gasteiger partial charge is 0.333 e. The second-order valence-electron chi connectivity index (χ2n) is 6.67. The normalized spacial score (nSPS) is 24.8. The highest BCUT2D eigenvalue weighted by Crippen LogP contribution is 2.33. The molecule has 2 aliphatic rings. The van der Waals surface area contributed by atoms with Gasteiger partial charge in [-0.2, -0.15) is 5.10 Å². The third kappa shape index (κ3) is 2.63. The van der Waals surface area contributed by atoms with Crippen molar-refractivity contribution in [3.05, 3.63) is 16.9 Å². The van der Waals surface area contributed by atoms with E-state index in [2.05, 4.69) is 37.0 Å². The molecule has 4 rings (SSSR count). The van der Waals surface area contributed by atoms with E-state index < -0.39 is 0 Å². The molecule has 1 N–H and O–H groups in total. The Hall–Kier alpha value is -1.80.